The molecule has 2 unspecified atom stereocenters. The summed E-state index contributed by atoms with van der Waals surface area (Å²) < 4.78 is 0. The molecule has 0 aromatic carbocycles. The zero-order valence-corrected chi connectivity index (χ0v) is 11.3. The quantitative estimate of drug-likeness (QED) is 0.803. The molecule has 17 heavy (non-hydrogen) atoms. The molecule has 2 aliphatic rings. The summed E-state index contributed by atoms with van der Waals surface area (Å²) in [4.78, 5) is 9.72. The average Bonchev–Trinajstić information content (AvgIpc) is 2.83. The second kappa shape index (κ2) is 5.04. The van der Waals surface area contributed by atoms with E-state index >= 15 is 0 Å². The Morgan fingerprint density at radius 1 is 1.41 bits per heavy atom. The molecule has 94 valence electrons. The van der Waals surface area contributed by atoms with Crippen molar-refractivity contribution < 1.29 is 0 Å². The summed E-state index contributed by atoms with van der Waals surface area (Å²) in [6, 6.07) is 1.48. The van der Waals surface area contributed by atoms with Gasteiger partial charge in [-0.1, -0.05) is 6.42 Å². The van der Waals surface area contributed by atoms with Gasteiger partial charge in [0.05, 0.1) is 11.2 Å². The van der Waals surface area contributed by atoms with Crippen molar-refractivity contribution in [3.8, 4) is 0 Å². The minimum Gasteiger partial charge on any atom is -0.298 e. The second-order valence-corrected chi connectivity index (χ2v) is 6.12. The van der Waals surface area contributed by atoms with E-state index in [1.54, 1.807) is 11.3 Å². The maximum absolute atomic E-state index is 4.41. The summed E-state index contributed by atoms with van der Waals surface area (Å²) in [6.45, 7) is 7.19. The lowest BCUT2D eigenvalue weighted by molar-refractivity contribution is 0.0106. The summed E-state index contributed by atoms with van der Waals surface area (Å²) >= 11 is 1.70. The van der Waals surface area contributed by atoms with Crippen LogP contribution >= 0.6 is 11.3 Å². The van der Waals surface area contributed by atoms with Crippen LogP contribution in [0.3, 0.4) is 0 Å². The summed E-state index contributed by atoms with van der Waals surface area (Å²) in [6.07, 6.45) is 4.20. The van der Waals surface area contributed by atoms with Crippen LogP contribution in [0, 0.1) is 0 Å². The topological polar surface area (TPSA) is 19.4 Å². The van der Waals surface area contributed by atoms with E-state index in [2.05, 4.69) is 27.1 Å². The van der Waals surface area contributed by atoms with E-state index in [-0.39, 0.29) is 0 Å². The first-order chi connectivity index (χ1) is 8.33. The van der Waals surface area contributed by atoms with Gasteiger partial charge in [0.15, 0.2) is 0 Å². The van der Waals surface area contributed by atoms with E-state index in [0.717, 1.165) is 12.6 Å². The lowest BCUT2D eigenvalue weighted by atomic mass is 9.97. The highest BCUT2D eigenvalue weighted by molar-refractivity contribution is 7.07. The lowest BCUT2D eigenvalue weighted by Gasteiger charge is -2.47. The van der Waals surface area contributed by atoms with Gasteiger partial charge in [0.25, 0.3) is 0 Å². The van der Waals surface area contributed by atoms with Crippen molar-refractivity contribution >= 4 is 11.3 Å². The lowest BCUT2D eigenvalue weighted by Crippen LogP contribution is -2.58. The molecule has 0 bridgehead atoms. The predicted octanol–water partition coefficient (Wildman–Crippen LogP) is 2.20. The largest absolute Gasteiger partial charge is 0.298 e. The van der Waals surface area contributed by atoms with Crippen molar-refractivity contribution in [3.63, 3.8) is 0 Å². The van der Waals surface area contributed by atoms with Crippen LogP contribution in [0.4, 0.5) is 0 Å². The van der Waals surface area contributed by atoms with Gasteiger partial charge in [0.2, 0.25) is 0 Å². The van der Waals surface area contributed by atoms with Crippen LogP contribution in [0.25, 0.3) is 0 Å². The first kappa shape index (κ1) is 11.6. The molecule has 2 fully saturated rings. The highest BCUT2D eigenvalue weighted by Crippen LogP contribution is 2.25. The minimum absolute atomic E-state index is 0.672. The molecule has 3 rings (SSSR count). The van der Waals surface area contributed by atoms with Crippen LogP contribution in [0.1, 0.15) is 31.9 Å². The van der Waals surface area contributed by atoms with Gasteiger partial charge in [-0.2, -0.15) is 0 Å². The number of fused-ring (bicyclic) bond motifs is 1. The van der Waals surface area contributed by atoms with Crippen LogP contribution in [0.15, 0.2) is 10.9 Å². The molecule has 0 aliphatic carbocycles. The molecule has 1 aromatic rings. The first-order valence-corrected chi connectivity index (χ1v) is 7.62. The minimum atomic E-state index is 0.672. The third-order valence-electron chi connectivity index (χ3n) is 4.16. The van der Waals surface area contributed by atoms with Gasteiger partial charge in [-0.25, -0.2) is 4.98 Å². The van der Waals surface area contributed by atoms with Gasteiger partial charge < -0.3 is 0 Å². The summed E-state index contributed by atoms with van der Waals surface area (Å²) in [5.74, 6) is 0. The van der Waals surface area contributed by atoms with Crippen molar-refractivity contribution in [1.82, 2.24) is 14.8 Å². The summed E-state index contributed by atoms with van der Waals surface area (Å²) in [5.41, 5.74) is 3.18. The van der Waals surface area contributed by atoms with E-state index in [9.17, 15) is 0 Å². The zero-order chi connectivity index (χ0) is 11.7. The van der Waals surface area contributed by atoms with Gasteiger partial charge >= 0.3 is 0 Å². The maximum Gasteiger partial charge on any atom is 0.0795 e. The van der Waals surface area contributed by atoms with E-state index in [4.69, 9.17) is 0 Å². The van der Waals surface area contributed by atoms with Crippen LogP contribution in [-0.4, -0.2) is 46.5 Å². The van der Waals surface area contributed by atoms with Gasteiger partial charge in [-0.15, -0.1) is 11.3 Å². The maximum atomic E-state index is 4.41. The molecule has 0 spiro atoms. The van der Waals surface area contributed by atoms with Crippen molar-refractivity contribution in [2.24, 2.45) is 0 Å². The molecule has 2 atom stereocenters. The Balaban J connectivity index is 1.65. The Kier molecular flexibility index (Phi) is 3.45. The Labute approximate surface area is 107 Å². The molecule has 2 saturated heterocycles. The highest BCUT2D eigenvalue weighted by Gasteiger charge is 2.32. The van der Waals surface area contributed by atoms with E-state index in [1.807, 2.05) is 5.51 Å². The molecular weight excluding hydrogens is 230 g/mol. The fourth-order valence-electron chi connectivity index (χ4n) is 3.16. The molecule has 3 heterocycles. The van der Waals surface area contributed by atoms with Crippen molar-refractivity contribution in [2.45, 2.75) is 44.8 Å². The molecule has 4 heteroatoms. The van der Waals surface area contributed by atoms with Crippen LogP contribution in [0.2, 0.25) is 0 Å². The van der Waals surface area contributed by atoms with E-state index < -0.39 is 0 Å². The van der Waals surface area contributed by atoms with Gasteiger partial charge in [0, 0.05) is 37.1 Å². The average molecular weight is 251 g/mol. The number of hydrogen-bond donors (Lipinski definition) is 0. The van der Waals surface area contributed by atoms with Crippen molar-refractivity contribution in [2.75, 3.05) is 19.6 Å². The molecule has 0 amide bonds. The number of aromatic nitrogens is 1. The zero-order valence-electron chi connectivity index (χ0n) is 10.5. The molecule has 0 saturated carbocycles. The number of nitrogens with zero attached hydrogens (tertiary/aromatic N) is 3. The van der Waals surface area contributed by atoms with Gasteiger partial charge in [-0.3, -0.25) is 9.80 Å². The molecule has 0 N–H and O–H groups in total. The standard InChI is InChI=1S/C13H21N3S/c1-11-6-15-5-3-2-4-13(15)8-16(11)7-12-9-17-10-14-12/h9-11,13H,2-8H2,1H3. The van der Waals surface area contributed by atoms with Gasteiger partial charge in [0.1, 0.15) is 0 Å². The first-order valence-electron chi connectivity index (χ1n) is 6.68. The monoisotopic (exact) mass is 251 g/mol. The highest BCUT2D eigenvalue weighted by atomic mass is 32.1. The molecule has 3 nitrogen and oxygen atoms in total. The number of hydrogen-bond acceptors (Lipinski definition) is 4. The molecule has 2 aliphatic heterocycles. The Morgan fingerprint density at radius 2 is 2.35 bits per heavy atom. The molecule has 0 radical (unpaired) electrons. The van der Waals surface area contributed by atoms with Crippen LogP contribution in [0.5, 0.6) is 0 Å². The normalized spacial score (nSPS) is 31.4. The number of piperidine rings is 1. The Morgan fingerprint density at radius 3 is 3.18 bits per heavy atom. The number of piperazine rings is 1. The van der Waals surface area contributed by atoms with Crippen LogP contribution < -0.4 is 0 Å². The Bertz CT molecular complexity index is 352. The Hall–Kier alpha value is -0.450. The van der Waals surface area contributed by atoms with Crippen molar-refractivity contribution in [3.05, 3.63) is 16.6 Å². The van der Waals surface area contributed by atoms with E-state index in [0.29, 0.717) is 6.04 Å². The summed E-state index contributed by atoms with van der Waals surface area (Å²) in [7, 11) is 0. The van der Waals surface area contributed by atoms with Crippen molar-refractivity contribution in [1.29, 1.82) is 0 Å². The summed E-state index contributed by atoms with van der Waals surface area (Å²) in [5, 5.41) is 2.18. The predicted molar refractivity (Wildman–Crippen MR) is 71.2 cm³/mol. The number of thiazole rings is 1. The van der Waals surface area contributed by atoms with Gasteiger partial charge in [-0.05, 0) is 26.3 Å². The smallest absolute Gasteiger partial charge is 0.0795 e. The second-order valence-electron chi connectivity index (χ2n) is 5.40. The SMILES string of the molecule is CC1CN2CCCCC2CN1Cc1cscn1. The molecule has 1 aromatic heterocycles. The third kappa shape index (κ3) is 2.54. The third-order valence-corrected chi connectivity index (χ3v) is 4.80. The fourth-order valence-corrected chi connectivity index (χ4v) is 3.71. The molecular formula is C13H21N3S. The van der Waals surface area contributed by atoms with E-state index in [1.165, 1.54) is 44.6 Å². The number of rotatable bonds is 2. The fraction of sp³-hybridized carbons (Fsp3) is 0.769. The van der Waals surface area contributed by atoms with Crippen LogP contribution in [-0.2, 0) is 6.54 Å².